The van der Waals surface area contributed by atoms with Gasteiger partial charge in [-0.2, -0.15) is 0 Å². The van der Waals surface area contributed by atoms with Gasteiger partial charge in [-0.15, -0.1) is 0 Å². The highest BCUT2D eigenvalue weighted by molar-refractivity contribution is 7.89. The smallest absolute Gasteiger partial charge is 0.244 e. The van der Waals surface area contributed by atoms with Crippen LogP contribution in [0.4, 0.5) is 0 Å². The standard InChI is InChI=1S/C13H21NO4S/c1-4-18-12-7-6-11(2)10-13(12)19(15,16)14-8-5-9-17-3/h6-7,10,14H,4-5,8-9H2,1-3H3. The highest BCUT2D eigenvalue weighted by atomic mass is 32.2. The van der Waals surface area contributed by atoms with Gasteiger partial charge in [-0.25, -0.2) is 13.1 Å². The summed E-state index contributed by atoms with van der Waals surface area (Å²) in [6.07, 6.45) is 0.630. The van der Waals surface area contributed by atoms with Crippen molar-refractivity contribution in [2.75, 3.05) is 26.9 Å². The van der Waals surface area contributed by atoms with Crippen molar-refractivity contribution in [3.8, 4) is 5.75 Å². The van der Waals surface area contributed by atoms with E-state index >= 15 is 0 Å². The lowest BCUT2D eigenvalue weighted by molar-refractivity contribution is 0.196. The molecule has 19 heavy (non-hydrogen) atoms. The van der Waals surface area contributed by atoms with E-state index in [1.54, 1.807) is 19.2 Å². The highest BCUT2D eigenvalue weighted by Gasteiger charge is 2.19. The molecule has 6 heteroatoms. The normalized spacial score (nSPS) is 11.5. The van der Waals surface area contributed by atoms with Crippen LogP contribution in [-0.2, 0) is 14.8 Å². The molecule has 1 aromatic carbocycles. The molecule has 0 aliphatic heterocycles. The summed E-state index contributed by atoms with van der Waals surface area (Å²) in [6, 6.07) is 5.13. The predicted octanol–water partition coefficient (Wildman–Crippen LogP) is 1.71. The molecule has 0 aliphatic carbocycles. The summed E-state index contributed by atoms with van der Waals surface area (Å²) >= 11 is 0. The molecule has 0 heterocycles. The van der Waals surface area contributed by atoms with E-state index < -0.39 is 10.0 Å². The Hall–Kier alpha value is -1.11. The molecule has 0 unspecified atom stereocenters. The average Bonchev–Trinajstić information content (AvgIpc) is 2.37. The monoisotopic (exact) mass is 287 g/mol. The Morgan fingerprint density at radius 1 is 1.32 bits per heavy atom. The van der Waals surface area contributed by atoms with Crippen LogP contribution in [0.1, 0.15) is 18.9 Å². The fourth-order valence-corrected chi connectivity index (χ4v) is 2.90. The first-order valence-electron chi connectivity index (χ1n) is 6.23. The van der Waals surface area contributed by atoms with Gasteiger partial charge in [-0.3, -0.25) is 0 Å². The van der Waals surface area contributed by atoms with Crippen molar-refractivity contribution in [3.63, 3.8) is 0 Å². The highest BCUT2D eigenvalue weighted by Crippen LogP contribution is 2.24. The van der Waals surface area contributed by atoms with Crippen molar-refractivity contribution in [2.45, 2.75) is 25.2 Å². The second kappa shape index (κ2) is 7.47. The molecule has 0 bridgehead atoms. The molecule has 0 atom stereocenters. The Morgan fingerprint density at radius 3 is 2.68 bits per heavy atom. The minimum absolute atomic E-state index is 0.187. The van der Waals surface area contributed by atoms with Crippen LogP contribution in [0.2, 0.25) is 0 Å². The Balaban J connectivity index is 2.89. The number of benzene rings is 1. The largest absolute Gasteiger partial charge is 0.492 e. The quantitative estimate of drug-likeness (QED) is 0.739. The predicted molar refractivity (Wildman–Crippen MR) is 74.0 cm³/mol. The van der Waals surface area contributed by atoms with Crippen molar-refractivity contribution in [2.24, 2.45) is 0 Å². The zero-order valence-electron chi connectivity index (χ0n) is 11.6. The number of hydrogen-bond donors (Lipinski definition) is 1. The van der Waals surface area contributed by atoms with Crippen molar-refractivity contribution < 1.29 is 17.9 Å². The summed E-state index contributed by atoms with van der Waals surface area (Å²) in [6.45, 7) is 4.96. The van der Waals surface area contributed by atoms with Crippen LogP contribution >= 0.6 is 0 Å². The van der Waals surface area contributed by atoms with E-state index in [9.17, 15) is 8.42 Å². The van der Waals surface area contributed by atoms with E-state index in [4.69, 9.17) is 9.47 Å². The molecule has 0 fully saturated rings. The topological polar surface area (TPSA) is 64.6 Å². The van der Waals surface area contributed by atoms with E-state index in [0.717, 1.165) is 5.56 Å². The Morgan fingerprint density at radius 2 is 2.05 bits per heavy atom. The van der Waals surface area contributed by atoms with Crippen LogP contribution in [0.5, 0.6) is 5.75 Å². The molecule has 0 radical (unpaired) electrons. The van der Waals surface area contributed by atoms with Gasteiger partial charge >= 0.3 is 0 Å². The maximum atomic E-state index is 12.2. The van der Waals surface area contributed by atoms with Gasteiger partial charge in [0.05, 0.1) is 6.61 Å². The van der Waals surface area contributed by atoms with Gasteiger partial charge in [0.15, 0.2) is 0 Å². The van der Waals surface area contributed by atoms with Gasteiger partial charge in [0.1, 0.15) is 10.6 Å². The third kappa shape index (κ3) is 4.81. The molecule has 5 nitrogen and oxygen atoms in total. The third-order valence-corrected chi connectivity index (χ3v) is 3.99. The van der Waals surface area contributed by atoms with Gasteiger partial charge in [0.2, 0.25) is 10.0 Å². The number of aryl methyl sites for hydroxylation is 1. The van der Waals surface area contributed by atoms with Crippen molar-refractivity contribution in [1.29, 1.82) is 0 Å². The molecule has 0 aromatic heterocycles. The summed E-state index contributed by atoms with van der Waals surface area (Å²) in [7, 11) is -1.96. The first kappa shape index (κ1) is 15.9. The zero-order valence-corrected chi connectivity index (χ0v) is 12.4. The molecular formula is C13H21NO4S. The number of sulfonamides is 1. The molecule has 0 aliphatic rings. The van der Waals surface area contributed by atoms with Crippen LogP contribution in [0.15, 0.2) is 23.1 Å². The maximum absolute atomic E-state index is 12.2. The van der Waals surface area contributed by atoms with Gasteiger partial charge in [-0.05, 0) is 38.0 Å². The van der Waals surface area contributed by atoms with E-state index in [0.29, 0.717) is 31.9 Å². The van der Waals surface area contributed by atoms with E-state index in [1.807, 2.05) is 19.9 Å². The molecule has 0 spiro atoms. The van der Waals surface area contributed by atoms with Crippen molar-refractivity contribution in [3.05, 3.63) is 23.8 Å². The average molecular weight is 287 g/mol. The second-order valence-corrected chi connectivity index (χ2v) is 5.86. The fourth-order valence-electron chi connectivity index (χ4n) is 1.60. The lowest BCUT2D eigenvalue weighted by Gasteiger charge is -2.12. The first-order chi connectivity index (χ1) is 9.01. The number of nitrogens with one attached hydrogen (secondary N) is 1. The molecule has 0 saturated carbocycles. The van der Waals surface area contributed by atoms with Crippen LogP contribution in [0.25, 0.3) is 0 Å². The SMILES string of the molecule is CCOc1ccc(C)cc1S(=O)(=O)NCCCOC. The first-order valence-corrected chi connectivity index (χ1v) is 7.71. The third-order valence-electron chi connectivity index (χ3n) is 2.51. The minimum atomic E-state index is -3.55. The van der Waals surface area contributed by atoms with E-state index in [-0.39, 0.29) is 4.90 Å². The molecule has 1 aromatic rings. The number of hydrogen-bond acceptors (Lipinski definition) is 4. The summed E-state index contributed by atoms with van der Waals surface area (Å²) in [5.41, 5.74) is 0.876. The number of rotatable bonds is 8. The lowest BCUT2D eigenvalue weighted by Crippen LogP contribution is -2.26. The summed E-state index contributed by atoms with van der Waals surface area (Å²) in [5.74, 6) is 0.382. The van der Waals surface area contributed by atoms with Gasteiger partial charge in [0.25, 0.3) is 0 Å². The molecular weight excluding hydrogens is 266 g/mol. The van der Waals surface area contributed by atoms with E-state index in [1.165, 1.54) is 0 Å². The van der Waals surface area contributed by atoms with Crippen molar-refractivity contribution in [1.82, 2.24) is 4.72 Å². The van der Waals surface area contributed by atoms with Gasteiger partial charge in [0, 0.05) is 20.3 Å². The Kier molecular flexibility index (Phi) is 6.27. The van der Waals surface area contributed by atoms with Crippen LogP contribution < -0.4 is 9.46 Å². The fraction of sp³-hybridized carbons (Fsp3) is 0.538. The Bertz CT molecular complexity index is 499. The second-order valence-electron chi connectivity index (χ2n) is 4.13. The zero-order chi connectivity index (χ0) is 14.3. The maximum Gasteiger partial charge on any atom is 0.244 e. The molecule has 108 valence electrons. The van der Waals surface area contributed by atoms with Crippen LogP contribution in [0, 0.1) is 6.92 Å². The minimum Gasteiger partial charge on any atom is -0.492 e. The lowest BCUT2D eigenvalue weighted by atomic mass is 10.2. The molecule has 0 amide bonds. The molecule has 1 rings (SSSR count). The van der Waals surface area contributed by atoms with Gasteiger partial charge < -0.3 is 9.47 Å². The summed E-state index contributed by atoms with van der Waals surface area (Å²) < 4.78 is 37.2. The molecule has 1 N–H and O–H groups in total. The number of ether oxygens (including phenoxy) is 2. The summed E-state index contributed by atoms with van der Waals surface area (Å²) in [4.78, 5) is 0.187. The van der Waals surface area contributed by atoms with Gasteiger partial charge in [-0.1, -0.05) is 6.07 Å². The van der Waals surface area contributed by atoms with Crippen LogP contribution in [-0.4, -0.2) is 35.3 Å². The summed E-state index contributed by atoms with van der Waals surface area (Å²) in [5, 5.41) is 0. The van der Waals surface area contributed by atoms with E-state index in [2.05, 4.69) is 4.72 Å². The Labute approximate surface area is 115 Å². The van der Waals surface area contributed by atoms with Crippen LogP contribution in [0.3, 0.4) is 0 Å². The number of methoxy groups -OCH3 is 1. The van der Waals surface area contributed by atoms with Crippen molar-refractivity contribution >= 4 is 10.0 Å². The molecule has 0 saturated heterocycles.